The van der Waals surface area contributed by atoms with Gasteiger partial charge in [-0.15, -0.1) is 24.0 Å². The lowest BCUT2D eigenvalue weighted by Gasteiger charge is -2.23. The standard InChI is InChI=1S/C18H30ClN5O2.HI/c1-5-20-17(24(4)12-15-9-14(19)11-23(15)3)21-10-16(13-7-8-13)22-18(25)26-6-2;/h9,11,13,16H,5-8,10,12H2,1-4H3,(H,20,21)(H,22,25);1H. The van der Waals surface area contributed by atoms with Crippen molar-refractivity contribution in [1.29, 1.82) is 0 Å². The second-order valence-corrected chi connectivity index (χ2v) is 7.06. The van der Waals surface area contributed by atoms with Gasteiger partial charge in [0.25, 0.3) is 0 Å². The molecule has 1 heterocycles. The lowest BCUT2D eigenvalue weighted by Crippen LogP contribution is -2.42. The summed E-state index contributed by atoms with van der Waals surface area (Å²) >= 11 is 6.07. The number of aliphatic imine (C=N–C) groups is 1. The van der Waals surface area contributed by atoms with Crippen LogP contribution in [0.5, 0.6) is 0 Å². The molecule has 1 aliphatic rings. The topological polar surface area (TPSA) is 70.9 Å². The number of nitrogens with zero attached hydrogens (tertiary/aromatic N) is 3. The number of rotatable bonds is 8. The minimum Gasteiger partial charge on any atom is -0.450 e. The minimum absolute atomic E-state index is 0. The van der Waals surface area contributed by atoms with E-state index in [9.17, 15) is 4.79 Å². The van der Waals surface area contributed by atoms with Crippen LogP contribution in [0.2, 0.25) is 5.02 Å². The molecule has 1 amide bonds. The first-order valence-electron chi connectivity index (χ1n) is 9.18. The van der Waals surface area contributed by atoms with Crippen LogP contribution < -0.4 is 10.6 Å². The van der Waals surface area contributed by atoms with Gasteiger partial charge in [-0.05, 0) is 38.7 Å². The second-order valence-electron chi connectivity index (χ2n) is 6.62. The lowest BCUT2D eigenvalue weighted by molar-refractivity contribution is 0.147. The highest BCUT2D eigenvalue weighted by Crippen LogP contribution is 2.32. The van der Waals surface area contributed by atoms with E-state index in [1.165, 1.54) is 0 Å². The summed E-state index contributed by atoms with van der Waals surface area (Å²) in [4.78, 5) is 18.5. The zero-order chi connectivity index (χ0) is 19.1. The number of hydrogen-bond donors (Lipinski definition) is 2. The number of ether oxygens (including phenoxy) is 1. The van der Waals surface area contributed by atoms with E-state index >= 15 is 0 Å². The summed E-state index contributed by atoms with van der Waals surface area (Å²) < 4.78 is 7.02. The maximum atomic E-state index is 11.7. The molecule has 9 heteroatoms. The summed E-state index contributed by atoms with van der Waals surface area (Å²) in [6.07, 6.45) is 3.78. The van der Waals surface area contributed by atoms with Gasteiger partial charge in [-0.2, -0.15) is 0 Å². The fraction of sp³-hybridized carbons (Fsp3) is 0.667. The van der Waals surface area contributed by atoms with Gasteiger partial charge < -0.3 is 24.8 Å². The molecular weight excluding hydrogens is 481 g/mol. The van der Waals surface area contributed by atoms with E-state index in [1.807, 2.05) is 37.8 Å². The van der Waals surface area contributed by atoms with Crippen LogP contribution in [0.15, 0.2) is 17.3 Å². The van der Waals surface area contributed by atoms with Gasteiger partial charge in [-0.25, -0.2) is 4.79 Å². The number of nitrogens with one attached hydrogen (secondary N) is 2. The molecule has 1 aromatic rings. The second kappa shape index (κ2) is 11.6. The summed E-state index contributed by atoms with van der Waals surface area (Å²) in [6.45, 7) is 6.21. The summed E-state index contributed by atoms with van der Waals surface area (Å²) in [5, 5.41) is 6.98. The van der Waals surface area contributed by atoms with Gasteiger partial charge in [0.2, 0.25) is 0 Å². The number of aromatic nitrogens is 1. The molecule has 1 aliphatic carbocycles. The Morgan fingerprint density at radius 3 is 2.70 bits per heavy atom. The highest BCUT2D eigenvalue weighted by atomic mass is 127. The van der Waals surface area contributed by atoms with Crippen molar-refractivity contribution in [1.82, 2.24) is 20.1 Å². The van der Waals surface area contributed by atoms with Crippen LogP contribution in [0.3, 0.4) is 0 Å². The number of aryl methyl sites for hydroxylation is 1. The number of halogens is 2. The van der Waals surface area contributed by atoms with Gasteiger partial charge in [0.1, 0.15) is 0 Å². The molecule has 0 radical (unpaired) electrons. The highest BCUT2D eigenvalue weighted by Gasteiger charge is 2.32. The largest absolute Gasteiger partial charge is 0.450 e. The molecule has 0 aliphatic heterocycles. The molecule has 1 atom stereocenters. The zero-order valence-corrected chi connectivity index (χ0v) is 19.6. The Morgan fingerprint density at radius 1 is 1.48 bits per heavy atom. The molecule has 1 unspecified atom stereocenters. The van der Waals surface area contributed by atoms with Gasteiger partial charge in [0, 0.05) is 32.5 Å². The van der Waals surface area contributed by atoms with Gasteiger partial charge in [-0.1, -0.05) is 11.6 Å². The van der Waals surface area contributed by atoms with Gasteiger partial charge in [-0.3, -0.25) is 4.99 Å². The van der Waals surface area contributed by atoms with Crippen LogP contribution in [-0.2, 0) is 18.3 Å². The molecule has 0 saturated heterocycles. The number of amides is 1. The van der Waals surface area contributed by atoms with Crippen LogP contribution in [0, 0.1) is 5.92 Å². The van der Waals surface area contributed by atoms with Crippen LogP contribution in [0.4, 0.5) is 4.79 Å². The van der Waals surface area contributed by atoms with Crippen molar-refractivity contribution >= 4 is 47.6 Å². The van der Waals surface area contributed by atoms with E-state index < -0.39 is 0 Å². The molecule has 154 valence electrons. The van der Waals surface area contributed by atoms with Crippen molar-refractivity contribution in [2.75, 3.05) is 26.7 Å². The van der Waals surface area contributed by atoms with E-state index in [0.717, 1.165) is 36.1 Å². The molecule has 0 spiro atoms. The Balaban J connectivity index is 0.00000364. The van der Waals surface area contributed by atoms with Gasteiger partial charge in [0.15, 0.2) is 5.96 Å². The summed E-state index contributed by atoms with van der Waals surface area (Å²) in [5.74, 6) is 1.30. The average molecular weight is 512 g/mol. The molecule has 0 bridgehead atoms. The Kier molecular flexibility index (Phi) is 10.3. The maximum absolute atomic E-state index is 11.7. The van der Waals surface area contributed by atoms with Crippen molar-refractivity contribution in [3.8, 4) is 0 Å². The Morgan fingerprint density at radius 2 is 2.19 bits per heavy atom. The molecule has 2 N–H and O–H groups in total. The number of carbonyl (C=O) groups is 1. The third-order valence-corrected chi connectivity index (χ3v) is 4.58. The first-order chi connectivity index (χ1) is 12.4. The van der Waals surface area contributed by atoms with Gasteiger partial charge >= 0.3 is 6.09 Å². The van der Waals surface area contributed by atoms with Crippen LogP contribution >= 0.6 is 35.6 Å². The Bertz CT molecular complexity index is 633. The van der Waals surface area contributed by atoms with Crippen molar-refractivity contribution < 1.29 is 9.53 Å². The number of hydrogen-bond acceptors (Lipinski definition) is 3. The third-order valence-electron chi connectivity index (χ3n) is 4.38. The molecule has 1 fully saturated rings. The highest BCUT2D eigenvalue weighted by molar-refractivity contribution is 14.0. The molecule has 27 heavy (non-hydrogen) atoms. The summed E-state index contributed by atoms with van der Waals surface area (Å²) in [6, 6.07) is 1.97. The minimum atomic E-state index is -0.364. The fourth-order valence-electron chi connectivity index (χ4n) is 2.83. The number of carbonyl (C=O) groups excluding carboxylic acids is 1. The van der Waals surface area contributed by atoms with E-state index in [2.05, 4.69) is 15.5 Å². The predicted molar refractivity (Wildman–Crippen MR) is 120 cm³/mol. The quantitative estimate of drug-likeness (QED) is 0.319. The number of guanidine groups is 1. The van der Waals surface area contributed by atoms with E-state index in [1.54, 1.807) is 6.92 Å². The van der Waals surface area contributed by atoms with Crippen molar-refractivity contribution in [2.45, 2.75) is 39.3 Å². The number of alkyl carbamates (subject to hydrolysis) is 1. The molecule has 7 nitrogen and oxygen atoms in total. The van der Waals surface area contributed by atoms with E-state index in [-0.39, 0.29) is 36.1 Å². The van der Waals surface area contributed by atoms with Crippen LogP contribution in [-0.4, -0.2) is 54.3 Å². The van der Waals surface area contributed by atoms with Crippen molar-refractivity contribution in [2.24, 2.45) is 18.0 Å². The molecular formula is C18H31ClIN5O2. The summed E-state index contributed by atoms with van der Waals surface area (Å²) in [7, 11) is 3.97. The van der Waals surface area contributed by atoms with Crippen molar-refractivity contribution in [3.05, 3.63) is 23.0 Å². The van der Waals surface area contributed by atoms with Crippen molar-refractivity contribution in [3.63, 3.8) is 0 Å². The molecule has 1 aromatic heterocycles. The first-order valence-corrected chi connectivity index (χ1v) is 9.55. The Hall–Kier alpha value is -1.16. The lowest BCUT2D eigenvalue weighted by atomic mass is 10.2. The van der Waals surface area contributed by atoms with E-state index in [4.69, 9.17) is 21.3 Å². The van der Waals surface area contributed by atoms with Crippen LogP contribution in [0.25, 0.3) is 0 Å². The summed E-state index contributed by atoms with van der Waals surface area (Å²) in [5.41, 5.74) is 1.10. The normalized spacial score (nSPS) is 14.9. The first kappa shape index (κ1) is 23.9. The average Bonchev–Trinajstić information content (AvgIpc) is 3.36. The predicted octanol–water partition coefficient (Wildman–Crippen LogP) is 3.22. The molecule has 0 aromatic carbocycles. The molecule has 1 saturated carbocycles. The zero-order valence-electron chi connectivity index (χ0n) is 16.5. The molecule has 2 rings (SSSR count). The SMILES string of the molecule is CCNC(=NCC(NC(=O)OCC)C1CC1)N(C)Cc1cc(Cl)cn1C.I. The van der Waals surface area contributed by atoms with Gasteiger partial charge in [0.05, 0.1) is 30.8 Å². The maximum Gasteiger partial charge on any atom is 0.407 e. The van der Waals surface area contributed by atoms with E-state index in [0.29, 0.717) is 25.6 Å². The smallest absolute Gasteiger partial charge is 0.407 e. The fourth-order valence-corrected chi connectivity index (χ4v) is 3.10. The Labute approximate surface area is 183 Å². The van der Waals surface area contributed by atoms with Crippen LogP contribution in [0.1, 0.15) is 32.4 Å². The third kappa shape index (κ3) is 7.77. The monoisotopic (exact) mass is 511 g/mol.